The van der Waals surface area contributed by atoms with Crippen LogP contribution in [-0.2, 0) is 14.4 Å². The Kier molecular flexibility index (Phi) is 3.86. The molecule has 3 aromatic rings. The number of nitrogens with zero attached hydrogens (tertiary/aromatic N) is 1. The number of halogens is 1. The Balaban J connectivity index is 1.43. The van der Waals surface area contributed by atoms with E-state index in [1.807, 2.05) is 48.5 Å². The van der Waals surface area contributed by atoms with Crippen LogP contribution in [0.25, 0.3) is 0 Å². The molecule has 0 N–H and O–H groups in total. The molecule has 2 amide bonds. The number of hydrogen-bond donors (Lipinski definition) is 0. The molecule has 6 heteroatoms. The SMILES string of the molecule is O=C(ON1C(=O)C2C3c4ccccc4C(c4ccccc43)C2C1=O)c1ccccc1Cl. The van der Waals surface area contributed by atoms with Gasteiger partial charge >= 0.3 is 5.97 Å². The highest BCUT2D eigenvalue weighted by Gasteiger charge is 2.62. The van der Waals surface area contributed by atoms with E-state index in [-0.39, 0.29) is 22.4 Å². The molecule has 7 rings (SSSR count). The maximum absolute atomic E-state index is 13.4. The molecular formula is C25H16ClNO4. The second-order valence-electron chi connectivity index (χ2n) is 8.09. The number of imide groups is 1. The first-order valence-electron chi connectivity index (χ1n) is 10.1. The molecule has 2 bridgehead atoms. The van der Waals surface area contributed by atoms with Gasteiger partial charge in [-0.15, -0.1) is 5.06 Å². The first-order valence-corrected chi connectivity index (χ1v) is 10.5. The van der Waals surface area contributed by atoms with Gasteiger partial charge in [0.2, 0.25) is 0 Å². The lowest BCUT2D eigenvalue weighted by atomic mass is 9.55. The van der Waals surface area contributed by atoms with Gasteiger partial charge in [-0.1, -0.05) is 72.3 Å². The molecule has 1 fully saturated rings. The first kappa shape index (κ1) is 18.3. The van der Waals surface area contributed by atoms with E-state index >= 15 is 0 Å². The molecule has 31 heavy (non-hydrogen) atoms. The molecule has 0 aromatic heterocycles. The van der Waals surface area contributed by atoms with Crippen LogP contribution >= 0.6 is 11.6 Å². The quantitative estimate of drug-likeness (QED) is 0.570. The van der Waals surface area contributed by atoms with E-state index in [1.54, 1.807) is 18.2 Å². The molecule has 5 nitrogen and oxygen atoms in total. The minimum atomic E-state index is -0.826. The molecule has 0 saturated carbocycles. The Morgan fingerprint density at radius 2 is 1.13 bits per heavy atom. The Morgan fingerprint density at radius 3 is 1.58 bits per heavy atom. The Labute approximate surface area is 183 Å². The van der Waals surface area contributed by atoms with Crippen molar-refractivity contribution in [1.29, 1.82) is 0 Å². The summed E-state index contributed by atoms with van der Waals surface area (Å²) in [5.74, 6) is -3.47. The van der Waals surface area contributed by atoms with Crippen LogP contribution < -0.4 is 0 Å². The van der Waals surface area contributed by atoms with Crippen molar-refractivity contribution in [2.45, 2.75) is 11.8 Å². The fourth-order valence-corrected chi connectivity index (χ4v) is 5.71. The minimum absolute atomic E-state index is 0.106. The van der Waals surface area contributed by atoms with Crippen LogP contribution in [-0.4, -0.2) is 22.8 Å². The summed E-state index contributed by atoms with van der Waals surface area (Å²) in [7, 11) is 0. The van der Waals surface area contributed by atoms with E-state index in [0.717, 1.165) is 22.3 Å². The highest BCUT2D eigenvalue weighted by Crippen LogP contribution is 2.60. The molecule has 1 aliphatic heterocycles. The van der Waals surface area contributed by atoms with E-state index < -0.39 is 29.6 Å². The second-order valence-corrected chi connectivity index (χ2v) is 8.50. The van der Waals surface area contributed by atoms with Crippen LogP contribution in [0.2, 0.25) is 5.02 Å². The molecule has 2 unspecified atom stereocenters. The number of carbonyl (C=O) groups is 3. The van der Waals surface area contributed by atoms with Crippen molar-refractivity contribution in [3.05, 3.63) is 106 Å². The molecule has 2 atom stereocenters. The zero-order valence-corrected chi connectivity index (χ0v) is 17.0. The maximum atomic E-state index is 13.4. The number of carbonyl (C=O) groups excluding carboxylic acids is 3. The number of rotatable bonds is 2. The van der Waals surface area contributed by atoms with Gasteiger partial charge in [0.1, 0.15) is 0 Å². The summed E-state index contributed by atoms with van der Waals surface area (Å²) in [5, 5.41) is 0.863. The average Bonchev–Trinajstić information content (AvgIpc) is 3.05. The van der Waals surface area contributed by atoms with Gasteiger partial charge < -0.3 is 4.84 Å². The van der Waals surface area contributed by atoms with Gasteiger partial charge in [0, 0.05) is 11.8 Å². The third-order valence-electron chi connectivity index (χ3n) is 6.68. The largest absolute Gasteiger partial charge is 0.365 e. The first-order chi connectivity index (χ1) is 15.1. The summed E-state index contributed by atoms with van der Waals surface area (Å²) in [6, 6.07) is 22.3. The monoisotopic (exact) mass is 429 g/mol. The van der Waals surface area contributed by atoms with Crippen molar-refractivity contribution < 1.29 is 19.2 Å². The highest BCUT2D eigenvalue weighted by molar-refractivity contribution is 6.33. The molecule has 1 saturated heterocycles. The van der Waals surface area contributed by atoms with Crippen molar-refractivity contribution in [1.82, 2.24) is 5.06 Å². The van der Waals surface area contributed by atoms with E-state index in [2.05, 4.69) is 0 Å². The number of hydroxylamine groups is 2. The van der Waals surface area contributed by atoms with Crippen LogP contribution in [0, 0.1) is 11.8 Å². The van der Waals surface area contributed by atoms with Gasteiger partial charge in [-0.2, -0.15) is 0 Å². The Hall–Kier alpha value is -3.44. The maximum Gasteiger partial charge on any atom is 0.365 e. The van der Waals surface area contributed by atoms with Crippen LogP contribution in [0.4, 0.5) is 0 Å². The lowest BCUT2D eigenvalue weighted by Crippen LogP contribution is -2.41. The molecule has 1 heterocycles. The predicted octanol–water partition coefficient (Wildman–Crippen LogP) is 4.30. The summed E-state index contributed by atoms with van der Waals surface area (Å²) < 4.78 is 0. The Morgan fingerprint density at radius 1 is 0.710 bits per heavy atom. The summed E-state index contributed by atoms with van der Waals surface area (Å²) in [4.78, 5) is 44.8. The molecule has 0 radical (unpaired) electrons. The molecular weight excluding hydrogens is 414 g/mol. The summed E-state index contributed by atoms with van der Waals surface area (Å²) >= 11 is 6.09. The predicted molar refractivity (Wildman–Crippen MR) is 112 cm³/mol. The van der Waals surface area contributed by atoms with Crippen LogP contribution in [0.5, 0.6) is 0 Å². The standard InChI is InChI=1S/C25H16ClNO4/c26-18-12-6-5-11-17(18)25(30)31-27-23(28)21-19-13-7-1-2-8-14(13)20(22(21)24(27)29)16-10-4-3-9-15(16)19/h1-12,19-22H. The van der Waals surface area contributed by atoms with E-state index in [4.69, 9.17) is 16.4 Å². The van der Waals surface area contributed by atoms with E-state index in [1.165, 1.54) is 6.07 Å². The smallest absolute Gasteiger partial charge is 0.325 e. The fourth-order valence-electron chi connectivity index (χ4n) is 5.50. The number of hydrogen-bond acceptors (Lipinski definition) is 4. The normalized spacial score (nSPS) is 25.1. The van der Waals surface area contributed by atoms with Crippen molar-refractivity contribution >= 4 is 29.4 Å². The van der Waals surface area contributed by atoms with Gasteiger partial charge in [-0.3, -0.25) is 9.59 Å². The molecule has 3 aliphatic carbocycles. The van der Waals surface area contributed by atoms with E-state index in [9.17, 15) is 14.4 Å². The van der Waals surface area contributed by atoms with Gasteiger partial charge in [0.05, 0.1) is 22.4 Å². The third kappa shape index (κ3) is 2.41. The number of benzene rings is 3. The lowest BCUT2D eigenvalue weighted by Gasteiger charge is -2.45. The third-order valence-corrected chi connectivity index (χ3v) is 7.01. The number of amides is 2. The molecule has 3 aromatic carbocycles. The zero-order valence-electron chi connectivity index (χ0n) is 16.2. The van der Waals surface area contributed by atoms with Crippen molar-refractivity contribution in [3.63, 3.8) is 0 Å². The topological polar surface area (TPSA) is 63.7 Å². The molecule has 0 spiro atoms. The summed E-state index contributed by atoms with van der Waals surface area (Å²) in [5.41, 5.74) is 4.36. The second kappa shape index (κ2) is 6.53. The van der Waals surface area contributed by atoms with Gasteiger partial charge in [-0.25, -0.2) is 4.79 Å². The van der Waals surface area contributed by atoms with Gasteiger partial charge in [0.15, 0.2) is 0 Å². The fraction of sp³-hybridized carbons (Fsp3) is 0.160. The van der Waals surface area contributed by atoms with Crippen LogP contribution in [0.1, 0.15) is 44.4 Å². The van der Waals surface area contributed by atoms with Gasteiger partial charge in [0.25, 0.3) is 11.8 Å². The zero-order chi connectivity index (χ0) is 21.3. The van der Waals surface area contributed by atoms with Gasteiger partial charge in [-0.05, 0) is 34.4 Å². The highest BCUT2D eigenvalue weighted by atomic mass is 35.5. The lowest BCUT2D eigenvalue weighted by molar-refractivity contribution is -0.174. The van der Waals surface area contributed by atoms with Crippen LogP contribution in [0.15, 0.2) is 72.8 Å². The van der Waals surface area contributed by atoms with Crippen LogP contribution in [0.3, 0.4) is 0 Å². The summed E-state index contributed by atoms with van der Waals surface area (Å²) in [6.45, 7) is 0. The van der Waals surface area contributed by atoms with Crippen molar-refractivity contribution in [2.24, 2.45) is 11.8 Å². The molecule has 152 valence electrons. The average molecular weight is 430 g/mol. The van der Waals surface area contributed by atoms with Crippen molar-refractivity contribution in [2.75, 3.05) is 0 Å². The minimum Gasteiger partial charge on any atom is -0.325 e. The Bertz CT molecular complexity index is 1170. The molecule has 4 aliphatic rings. The van der Waals surface area contributed by atoms with Crippen molar-refractivity contribution in [3.8, 4) is 0 Å². The van der Waals surface area contributed by atoms with E-state index in [0.29, 0.717) is 5.06 Å². The summed E-state index contributed by atoms with van der Waals surface area (Å²) in [6.07, 6.45) is 0.